The number of carbonyl (C=O) groups is 1. The lowest BCUT2D eigenvalue weighted by Crippen LogP contribution is -2.61. The van der Waals surface area contributed by atoms with Crippen LogP contribution in [0.2, 0.25) is 19.6 Å². The minimum Gasteiger partial charge on any atom is -0.319 e. The minimum atomic E-state index is -4.64. The SMILES string of the molecule is CCC(C)CCNC(C)(CC(=O)P(=O)(O)O)[Si](C)(C)C. The van der Waals surface area contributed by atoms with Crippen molar-refractivity contribution < 1.29 is 19.1 Å². The van der Waals surface area contributed by atoms with Crippen LogP contribution >= 0.6 is 7.60 Å². The zero-order valence-corrected chi connectivity index (χ0v) is 15.5. The van der Waals surface area contributed by atoms with E-state index in [1.165, 1.54) is 0 Å². The summed E-state index contributed by atoms with van der Waals surface area (Å²) in [5.74, 6) is 0.603. The van der Waals surface area contributed by atoms with Gasteiger partial charge in [0.15, 0.2) is 0 Å². The van der Waals surface area contributed by atoms with Crippen LogP contribution in [0.25, 0.3) is 0 Å². The van der Waals surface area contributed by atoms with Crippen LogP contribution < -0.4 is 5.32 Å². The summed E-state index contributed by atoms with van der Waals surface area (Å²) in [6.45, 7) is 13.3. The van der Waals surface area contributed by atoms with Gasteiger partial charge in [0.1, 0.15) is 0 Å². The summed E-state index contributed by atoms with van der Waals surface area (Å²) >= 11 is 0. The van der Waals surface area contributed by atoms with Gasteiger partial charge in [0.25, 0.3) is 0 Å². The first-order valence-corrected chi connectivity index (χ1v) is 12.3. The molecule has 0 amide bonds. The van der Waals surface area contributed by atoms with Crippen LogP contribution in [0.3, 0.4) is 0 Å². The Labute approximate surface area is 123 Å². The molecule has 0 aromatic heterocycles. The number of nitrogens with one attached hydrogen (secondary N) is 1. The molecular formula is C13H30NO4PSi. The highest BCUT2D eigenvalue weighted by atomic mass is 31.2. The van der Waals surface area contributed by atoms with Crippen LogP contribution in [0.5, 0.6) is 0 Å². The van der Waals surface area contributed by atoms with Crippen LogP contribution in [0.4, 0.5) is 0 Å². The fourth-order valence-corrected chi connectivity index (χ4v) is 3.81. The molecule has 0 aliphatic carbocycles. The summed E-state index contributed by atoms with van der Waals surface area (Å²) in [4.78, 5) is 29.7. The number of rotatable bonds is 9. The molecule has 0 aliphatic rings. The average molecular weight is 323 g/mol. The number of hydrogen-bond acceptors (Lipinski definition) is 3. The third-order valence-electron chi connectivity index (χ3n) is 4.33. The Morgan fingerprint density at radius 2 is 1.85 bits per heavy atom. The van der Waals surface area contributed by atoms with Crippen molar-refractivity contribution >= 4 is 21.2 Å². The van der Waals surface area contributed by atoms with Gasteiger partial charge >= 0.3 is 7.60 Å². The van der Waals surface area contributed by atoms with Crippen molar-refractivity contribution in [3.8, 4) is 0 Å². The van der Waals surface area contributed by atoms with Gasteiger partial charge in [0.05, 0.1) is 8.07 Å². The molecule has 2 unspecified atom stereocenters. The average Bonchev–Trinajstić information content (AvgIpc) is 2.25. The molecule has 2 atom stereocenters. The molecule has 0 aromatic rings. The summed E-state index contributed by atoms with van der Waals surface area (Å²) in [5.41, 5.74) is -0.960. The van der Waals surface area contributed by atoms with Crippen molar-refractivity contribution in [3.63, 3.8) is 0 Å². The standard InChI is InChI=1S/C13H30NO4PSi/c1-7-11(2)8-9-14-13(3,20(4,5)6)10-12(15)19(16,17)18/h11,14H,7-10H2,1-6H3,(H2,16,17,18). The van der Waals surface area contributed by atoms with Crippen LogP contribution in [-0.2, 0) is 9.36 Å². The lowest BCUT2D eigenvalue weighted by molar-refractivity contribution is -0.114. The molecule has 7 heteroatoms. The van der Waals surface area contributed by atoms with E-state index in [1.807, 2.05) is 6.92 Å². The third-order valence-corrected chi connectivity index (χ3v) is 8.81. The van der Waals surface area contributed by atoms with Gasteiger partial charge in [-0.2, -0.15) is 0 Å². The van der Waals surface area contributed by atoms with Gasteiger partial charge in [-0.15, -0.1) is 0 Å². The summed E-state index contributed by atoms with van der Waals surface area (Å²) in [7, 11) is -6.45. The highest BCUT2D eigenvalue weighted by molar-refractivity contribution is 7.70. The fraction of sp³-hybridized carbons (Fsp3) is 0.923. The largest absolute Gasteiger partial charge is 0.391 e. The quantitative estimate of drug-likeness (QED) is 0.449. The van der Waals surface area contributed by atoms with E-state index in [1.54, 1.807) is 0 Å². The van der Waals surface area contributed by atoms with E-state index in [0.29, 0.717) is 5.92 Å². The Morgan fingerprint density at radius 3 is 2.20 bits per heavy atom. The maximum atomic E-state index is 11.7. The summed E-state index contributed by atoms with van der Waals surface area (Å²) in [5, 5.41) is 2.90. The number of carbonyl (C=O) groups excluding carboxylic acids is 1. The molecule has 0 bridgehead atoms. The van der Waals surface area contributed by atoms with Crippen molar-refractivity contribution in [2.24, 2.45) is 5.92 Å². The first-order chi connectivity index (χ1) is 8.83. The summed E-state index contributed by atoms with van der Waals surface area (Å²) < 4.78 is 11.1. The first-order valence-electron chi connectivity index (χ1n) is 7.17. The van der Waals surface area contributed by atoms with E-state index in [-0.39, 0.29) is 6.42 Å². The van der Waals surface area contributed by atoms with Gasteiger partial charge in [-0.3, -0.25) is 9.36 Å². The second-order valence-corrected chi connectivity index (χ2v) is 14.1. The van der Waals surface area contributed by atoms with Crippen LogP contribution in [0.1, 0.15) is 40.0 Å². The van der Waals surface area contributed by atoms with Crippen molar-refractivity contribution in [2.75, 3.05) is 6.54 Å². The lowest BCUT2D eigenvalue weighted by Gasteiger charge is -2.41. The van der Waals surface area contributed by atoms with Crippen molar-refractivity contribution in [1.29, 1.82) is 0 Å². The van der Waals surface area contributed by atoms with E-state index in [4.69, 9.17) is 9.79 Å². The molecular weight excluding hydrogens is 293 g/mol. The van der Waals surface area contributed by atoms with Gasteiger partial charge < -0.3 is 15.1 Å². The fourth-order valence-electron chi connectivity index (χ4n) is 1.80. The summed E-state index contributed by atoms with van der Waals surface area (Å²) in [6, 6.07) is 0. The minimum absolute atomic E-state index is 0.104. The van der Waals surface area contributed by atoms with E-state index in [0.717, 1.165) is 19.4 Å². The summed E-state index contributed by atoms with van der Waals surface area (Å²) in [6.07, 6.45) is 2.00. The second-order valence-electron chi connectivity index (χ2n) is 6.93. The van der Waals surface area contributed by atoms with Crippen molar-refractivity contribution in [2.45, 2.75) is 64.8 Å². The molecule has 0 aliphatic heterocycles. The van der Waals surface area contributed by atoms with E-state index < -0.39 is 26.4 Å². The third kappa shape index (κ3) is 6.18. The van der Waals surface area contributed by atoms with Gasteiger partial charge in [-0.25, -0.2) is 0 Å². The van der Waals surface area contributed by atoms with E-state index in [9.17, 15) is 9.36 Å². The maximum absolute atomic E-state index is 11.7. The molecule has 5 nitrogen and oxygen atoms in total. The lowest BCUT2D eigenvalue weighted by atomic mass is 10.1. The zero-order valence-electron chi connectivity index (χ0n) is 13.6. The molecule has 0 heterocycles. The number of hydrogen-bond donors (Lipinski definition) is 3. The normalized spacial score (nSPS) is 17.6. The van der Waals surface area contributed by atoms with Gasteiger partial charge in [0.2, 0.25) is 5.52 Å². The van der Waals surface area contributed by atoms with E-state index in [2.05, 4.69) is 38.8 Å². The molecule has 0 rings (SSSR count). The van der Waals surface area contributed by atoms with Gasteiger partial charge in [0, 0.05) is 11.6 Å². The highest BCUT2D eigenvalue weighted by Gasteiger charge is 2.43. The van der Waals surface area contributed by atoms with Crippen LogP contribution in [-0.4, -0.2) is 35.1 Å². The Hall–Kier alpha value is -0.00312. The first kappa shape index (κ1) is 20.0. The van der Waals surface area contributed by atoms with Crippen LogP contribution in [0.15, 0.2) is 0 Å². The maximum Gasteiger partial charge on any atom is 0.391 e. The van der Waals surface area contributed by atoms with Crippen molar-refractivity contribution in [3.05, 3.63) is 0 Å². The van der Waals surface area contributed by atoms with Gasteiger partial charge in [-0.05, 0) is 25.8 Å². The highest BCUT2D eigenvalue weighted by Crippen LogP contribution is 2.40. The zero-order chi connectivity index (χ0) is 16.2. The predicted molar refractivity (Wildman–Crippen MR) is 85.5 cm³/mol. The van der Waals surface area contributed by atoms with Crippen LogP contribution in [0, 0.1) is 5.92 Å². The molecule has 120 valence electrons. The van der Waals surface area contributed by atoms with Crippen molar-refractivity contribution in [1.82, 2.24) is 5.32 Å². The molecule has 20 heavy (non-hydrogen) atoms. The molecule has 0 spiro atoms. The monoisotopic (exact) mass is 323 g/mol. The molecule has 0 aromatic carbocycles. The molecule has 0 saturated carbocycles. The smallest absolute Gasteiger partial charge is 0.319 e. The molecule has 3 N–H and O–H groups in total. The topological polar surface area (TPSA) is 86.6 Å². The Balaban J connectivity index is 4.87. The molecule has 0 saturated heterocycles. The Bertz CT molecular complexity index is 377. The molecule has 0 fully saturated rings. The Morgan fingerprint density at radius 1 is 1.35 bits per heavy atom. The Kier molecular flexibility index (Phi) is 7.32. The molecule has 0 radical (unpaired) electrons. The van der Waals surface area contributed by atoms with Gasteiger partial charge in [-0.1, -0.05) is 39.9 Å². The second kappa shape index (κ2) is 7.32. The predicted octanol–water partition coefficient (Wildman–Crippen LogP) is 2.74. The van der Waals surface area contributed by atoms with E-state index >= 15 is 0 Å².